The Balaban J connectivity index is 1.69. The molecule has 1 atom stereocenters. The highest BCUT2D eigenvalue weighted by Gasteiger charge is 2.28. The molecule has 2 aromatic rings. The van der Waals surface area contributed by atoms with Gasteiger partial charge in [0, 0.05) is 31.9 Å². The van der Waals surface area contributed by atoms with E-state index in [0.717, 1.165) is 43.7 Å². The highest BCUT2D eigenvalue weighted by atomic mass is 16.3. The summed E-state index contributed by atoms with van der Waals surface area (Å²) in [5.74, 6) is 1.13. The van der Waals surface area contributed by atoms with Gasteiger partial charge in [-0.3, -0.25) is 9.48 Å². The normalized spacial score (nSPS) is 19.1. The van der Waals surface area contributed by atoms with Gasteiger partial charge in [0.2, 0.25) is 5.91 Å². The Morgan fingerprint density at radius 1 is 1.36 bits per heavy atom. The van der Waals surface area contributed by atoms with Gasteiger partial charge in [-0.1, -0.05) is 12.8 Å². The van der Waals surface area contributed by atoms with Crippen LogP contribution in [0.4, 0.5) is 0 Å². The minimum Gasteiger partial charge on any atom is -0.467 e. The molecule has 0 aliphatic carbocycles. The second-order valence-electron chi connectivity index (χ2n) is 5.91. The molecule has 22 heavy (non-hydrogen) atoms. The first-order valence-corrected chi connectivity index (χ1v) is 8.05. The van der Waals surface area contributed by atoms with Crippen LogP contribution >= 0.6 is 0 Å². The second kappa shape index (κ2) is 6.81. The van der Waals surface area contributed by atoms with Crippen molar-refractivity contribution in [2.45, 2.75) is 44.6 Å². The molecular weight excluding hydrogens is 278 g/mol. The Hall–Kier alpha value is -2.04. The molecule has 5 nitrogen and oxygen atoms in total. The Bertz CT molecular complexity index is 603. The molecule has 1 saturated heterocycles. The zero-order chi connectivity index (χ0) is 15.4. The molecular formula is C17H23N3O2. The largest absolute Gasteiger partial charge is 0.467 e. The van der Waals surface area contributed by atoms with Gasteiger partial charge >= 0.3 is 0 Å². The molecule has 1 fully saturated rings. The van der Waals surface area contributed by atoms with Crippen molar-refractivity contribution in [3.63, 3.8) is 0 Å². The van der Waals surface area contributed by atoms with Crippen molar-refractivity contribution in [2.24, 2.45) is 7.05 Å². The second-order valence-corrected chi connectivity index (χ2v) is 5.91. The maximum Gasteiger partial charge on any atom is 0.223 e. The average molecular weight is 301 g/mol. The van der Waals surface area contributed by atoms with Gasteiger partial charge in [-0.05, 0) is 37.5 Å². The number of furan rings is 1. The van der Waals surface area contributed by atoms with Crippen LogP contribution in [0.1, 0.15) is 49.6 Å². The Kier molecular flexibility index (Phi) is 4.61. The lowest BCUT2D eigenvalue weighted by Crippen LogP contribution is -2.34. The Labute approximate surface area is 130 Å². The van der Waals surface area contributed by atoms with E-state index >= 15 is 0 Å². The van der Waals surface area contributed by atoms with Crippen molar-refractivity contribution in [1.82, 2.24) is 14.7 Å². The zero-order valence-electron chi connectivity index (χ0n) is 13.1. The minimum absolute atomic E-state index is 0.0940. The van der Waals surface area contributed by atoms with E-state index in [1.807, 2.05) is 34.8 Å². The Morgan fingerprint density at radius 2 is 2.27 bits per heavy atom. The first kappa shape index (κ1) is 14.9. The van der Waals surface area contributed by atoms with Crippen molar-refractivity contribution in [1.29, 1.82) is 0 Å². The summed E-state index contributed by atoms with van der Waals surface area (Å²) in [6.45, 7) is 0.829. The number of hydrogen-bond donors (Lipinski definition) is 0. The van der Waals surface area contributed by atoms with E-state index in [4.69, 9.17) is 4.42 Å². The van der Waals surface area contributed by atoms with E-state index in [-0.39, 0.29) is 11.9 Å². The molecule has 0 bridgehead atoms. The fourth-order valence-corrected chi connectivity index (χ4v) is 3.21. The average Bonchev–Trinajstić information content (AvgIpc) is 3.12. The van der Waals surface area contributed by atoms with E-state index in [1.165, 1.54) is 6.42 Å². The monoisotopic (exact) mass is 301 g/mol. The van der Waals surface area contributed by atoms with Crippen molar-refractivity contribution in [2.75, 3.05) is 6.54 Å². The molecule has 0 saturated carbocycles. The standard InChI is InChI=1S/C17H23N3O2/c1-19-14(10-11-18-19)8-9-17(21)20-12-4-2-3-6-15(20)16-7-5-13-22-16/h5,7,10-11,13,15H,2-4,6,8-9,12H2,1H3/t15-/m0/s1. The number of likely N-dealkylation sites (tertiary alicyclic amines) is 1. The molecule has 5 heteroatoms. The fraction of sp³-hybridized carbons (Fsp3) is 0.529. The molecule has 0 unspecified atom stereocenters. The molecule has 0 N–H and O–H groups in total. The maximum atomic E-state index is 12.7. The van der Waals surface area contributed by atoms with Crippen molar-refractivity contribution < 1.29 is 9.21 Å². The molecule has 3 heterocycles. The molecule has 1 amide bonds. The number of rotatable bonds is 4. The van der Waals surface area contributed by atoms with Crippen LogP contribution in [-0.4, -0.2) is 27.1 Å². The van der Waals surface area contributed by atoms with Gasteiger partial charge in [-0.25, -0.2) is 0 Å². The van der Waals surface area contributed by atoms with E-state index in [0.29, 0.717) is 6.42 Å². The van der Waals surface area contributed by atoms with Gasteiger partial charge in [-0.15, -0.1) is 0 Å². The number of aryl methyl sites for hydroxylation is 2. The van der Waals surface area contributed by atoms with E-state index in [2.05, 4.69) is 5.10 Å². The minimum atomic E-state index is 0.0940. The van der Waals surface area contributed by atoms with E-state index in [1.54, 1.807) is 12.5 Å². The molecule has 3 rings (SSSR count). The van der Waals surface area contributed by atoms with Crippen molar-refractivity contribution in [3.8, 4) is 0 Å². The zero-order valence-corrected chi connectivity index (χ0v) is 13.1. The summed E-state index contributed by atoms with van der Waals surface area (Å²) in [6, 6.07) is 5.95. The molecule has 0 radical (unpaired) electrons. The van der Waals surface area contributed by atoms with Crippen LogP contribution in [-0.2, 0) is 18.3 Å². The summed E-state index contributed by atoms with van der Waals surface area (Å²) in [6.07, 6.45) is 9.13. The lowest BCUT2D eigenvalue weighted by molar-refractivity contribution is -0.134. The number of carbonyl (C=O) groups excluding carboxylic acids is 1. The molecule has 1 aliphatic heterocycles. The molecule has 1 aliphatic rings. The Morgan fingerprint density at radius 3 is 3.00 bits per heavy atom. The van der Waals surface area contributed by atoms with Crippen LogP contribution in [0.2, 0.25) is 0 Å². The van der Waals surface area contributed by atoms with E-state index in [9.17, 15) is 4.79 Å². The summed E-state index contributed by atoms with van der Waals surface area (Å²) in [5.41, 5.74) is 1.10. The van der Waals surface area contributed by atoms with Gasteiger partial charge in [0.25, 0.3) is 0 Å². The van der Waals surface area contributed by atoms with Gasteiger partial charge in [0.1, 0.15) is 5.76 Å². The van der Waals surface area contributed by atoms with Gasteiger partial charge in [0.15, 0.2) is 0 Å². The summed E-state index contributed by atoms with van der Waals surface area (Å²) < 4.78 is 7.40. The SMILES string of the molecule is Cn1nccc1CCC(=O)N1CCCCC[C@H]1c1ccco1. The van der Waals surface area contributed by atoms with Crippen LogP contribution in [0.15, 0.2) is 35.1 Å². The van der Waals surface area contributed by atoms with Crippen molar-refractivity contribution in [3.05, 3.63) is 42.1 Å². The first-order valence-electron chi connectivity index (χ1n) is 8.05. The number of nitrogens with zero attached hydrogens (tertiary/aromatic N) is 3. The lowest BCUT2D eigenvalue weighted by atomic mass is 10.1. The third-order valence-corrected chi connectivity index (χ3v) is 4.46. The highest BCUT2D eigenvalue weighted by molar-refractivity contribution is 5.77. The third kappa shape index (κ3) is 3.24. The summed E-state index contributed by atoms with van der Waals surface area (Å²) in [5, 5.41) is 4.15. The molecule has 2 aromatic heterocycles. The topological polar surface area (TPSA) is 51.3 Å². The van der Waals surface area contributed by atoms with Crippen LogP contribution in [0.5, 0.6) is 0 Å². The van der Waals surface area contributed by atoms with Gasteiger partial charge < -0.3 is 9.32 Å². The third-order valence-electron chi connectivity index (χ3n) is 4.46. The number of aromatic nitrogens is 2. The predicted molar refractivity (Wildman–Crippen MR) is 83.2 cm³/mol. The van der Waals surface area contributed by atoms with Gasteiger partial charge in [0.05, 0.1) is 12.3 Å². The molecule has 118 valence electrons. The van der Waals surface area contributed by atoms with Crippen molar-refractivity contribution >= 4 is 5.91 Å². The van der Waals surface area contributed by atoms with Crippen LogP contribution in [0.25, 0.3) is 0 Å². The summed E-state index contributed by atoms with van der Waals surface area (Å²) in [7, 11) is 1.91. The fourth-order valence-electron chi connectivity index (χ4n) is 3.21. The van der Waals surface area contributed by atoms with E-state index < -0.39 is 0 Å². The van der Waals surface area contributed by atoms with Crippen LogP contribution in [0, 0.1) is 0 Å². The number of carbonyl (C=O) groups is 1. The van der Waals surface area contributed by atoms with Crippen LogP contribution < -0.4 is 0 Å². The van der Waals surface area contributed by atoms with Crippen LogP contribution in [0.3, 0.4) is 0 Å². The summed E-state index contributed by atoms with van der Waals surface area (Å²) >= 11 is 0. The smallest absolute Gasteiger partial charge is 0.223 e. The number of hydrogen-bond acceptors (Lipinski definition) is 3. The lowest BCUT2D eigenvalue weighted by Gasteiger charge is -2.28. The summed E-state index contributed by atoms with van der Waals surface area (Å²) in [4.78, 5) is 14.7. The quantitative estimate of drug-likeness (QED) is 0.872. The maximum absolute atomic E-state index is 12.7. The predicted octanol–water partition coefficient (Wildman–Crippen LogP) is 3.09. The molecule has 0 aromatic carbocycles. The highest BCUT2D eigenvalue weighted by Crippen LogP contribution is 2.31. The number of amides is 1. The van der Waals surface area contributed by atoms with Gasteiger partial charge in [-0.2, -0.15) is 5.10 Å². The first-order chi connectivity index (χ1) is 10.8. The molecule has 0 spiro atoms.